The summed E-state index contributed by atoms with van der Waals surface area (Å²) in [5.74, 6) is 1.55. The topological polar surface area (TPSA) is 38.2 Å². The molecule has 2 aliphatic heterocycles. The molecular formula is C14H21N3O. The molecule has 3 rings (SSSR count). The van der Waals surface area contributed by atoms with E-state index in [1.165, 1.54) is 25.8 Å². The zero-order chi connectivity index (χ0) is 12.4. The summed E-state index contributed by atoms with van der Waals surface area (Å²) in [5, 5.41) is 0. The molecule has 0 spiro atoms. The summed E-state index contributed by atoms with van der Waals surface area (Å²) in [6.07, 6.45) is 5.44. The van der Waals surface area contributed by atoms with Crippen LogP contribution in [0.4, 0.5) is 0 Å². The fourth-order valence-corrected chi connectivity index (χ4v) is 3.05. The van der Waals surface area contributed by atoms with Crippen molar-refractivity contribution >= 4 is 0 Å². The molecule has 1 aromatic rings. The Labute approximate surface area is 108 Å². The van der Waals surface area contributed by atoms with Gasteiger partial charge in [-0.05, 0) is 38.8 Å². The van der Waals surface area contributed by atoms with Gasteiger partial charge in [0.15, 0.2) is 0 Å². The van der Waals surface area contributed by atoms with Gasteiger partial charge in [0.25, 0.3) is 0 Å². The van der Waals surface area contributed by atoms with Gasteiger partial charge in [-0.15, -0.1) is 0 Å². The number of ether oxygens (including phenoxy) is 1. The van der Waals surface area contributed by atoms with Crippen LogP contribution in [0.3, 0.4) is 0 Å². The first kappa shape index (κ1) is 12.1. The molecule has 0 amide bonds. The smallest absolute Gasteiger partial charge is 0.132 e. The summed E-state index contributed by atoms with van der Waals surface area (Å²) in [6.45, 7) is 6.19. The molecule has 1 atom stereocenters. The van der Waals surface area contributed by atoms with Gasteiger partial charge in [-0.1, -0.05) is 0 Å². The van der Waals surface area contributed by atoms with Crippen LogP contribution in [0.25, 0.3) is 0 Å². The Kier molecular flexibility index (Phi) is 3.57. The summed E-state index contributed by atoms with van der Waals surface area (Å²) in [5.41, 5.74) is 1.07. The fourth-order valence-electron chi connectivity index (χ4n) is 3.05. The second kappa shape index (κ2) is 5.33. The first-order chi connectivity index (χ1) is 8.83. The van der Waals surface area contributed by atoms with E-state index in [-0.39, 0.29) is 0 Å². The van der Waals surface area contributed by atoms with E-state index in [0.29, 0.717) is 12.0 Å². The van der Waals surface area contributed by atoms with E-state index in [0.717, 1.165) is 31.3 Å². The van der Waals surface area contributed by atoms with Gasteiger partial charge < -0.3 is 4.74 Å². The van der Waals surface area contributed by atoms with Crippen LogP contribution in [0, 0.1) is 6.92 Å². The van der Waals surface area contributed by atoms with Crippen LogP contribution in [-0.2, 0) is 4.74 Å². The maximum atomic E-state index is 5.44. The third-order valence-corrected chi connectivity index (χ3v) is 4.11. The number of aryl methyl sites for hydroxylation is 1. The average Bonchev–Trinajstić information content (AvgIpc) is 2.89. The Balaban J connectivity index is 1.64. The third kappa shape index (κ3) is 2.54. The average molecular weight is 247 g/mol. The molecule has 0 aliphatic carbocycles. The maximum Gasteiger partial charge on any atom is 0.132 e. The Bertz CT molecular complexity index is 404. The van der Waals surface area contributed by atoms with Crippen molar-refractivity contribution < 1.29 is 4.74 Å². The Morgan fingerprint density at radius 1 is 1.28 bits per heavy atom. The van der Waals surface area contributed by atoms with Gasteiger partial charge in [-0.3, -0.25) is 4.90 Å². The molecule has 4 heteroatoms. The summed E-state index contributed by atoms with van der Waals surface area (Å²) in [7, 11) is 0. The van der Waals surface area contributed by atoms with E-state index < -0.39 is 0 Å². The van der Waals surface area contributed by atoms with E-state index in [4.69, 9.17) is 4.74 Å². The largest absolute Gasteiger partial charge is 0.381 e. The molecule has 0 aromatic carbocycles. The minimum absolute atomic E-state index is 0.521. The molecule has 2 fully saturated rings. The number of rotatable bonds is 2. The highest BCUT2D eigenvalue weighted by atomic mass is 16.5. The van der Waals surface area contributed by atoms with E-state index in [1.807, 2.05) is 19.2 Å². The van der Waals surface area contributed by atoms with Crippen molar-refractivity contribution in [2.24, 2.45) is 0 Å². The van der Waals surface area contributed by atoms with Gasteiger partial charge in [-0.2, -0.15) is 0 Å². The summed E-state index contributed by atoms with van der Waals surface area (Å²) in [4.78, 5) is 11.6. The number of hydrogen-bond donors (Lipinski definition) is 0. The lowest BCUT2D eigenvalue weighted by Gasteiger charge is -2.30. The van der Waals surface area contributed by atoms with Gasteiger partial charge in [0.2, 0.25) is 0 Å². The van der Waals surface area contributed by atoms with Crippen LogP contribution >= 0.6 is 0 Å². The summed E-state index contributed by atoms with van der Waals surface area (Å²) < 4.78 is 5.44. The molecule has 4 nitrogen and oxygen atoms in total. The van der Waals surface area contributed by atoms with Crippen LogP contribution in [0.5, 0.6) is 0 Å². The summed E-state index contributed by atoms with van der Waals surface area (Å²) >= 11 is 0. The summed E-state index contributed by atoms with van der Waals surface area (Å²) in [6, 6.07) is 2.68. The van der Waals surface area contributed by atoms with Gasteiger partial charge in [-0.25, -0.2) is 9.97 Å². The molecule has 1 unspecified atom stereocenters. The first-order valence-corrected chi connectivity index (χ1v) is 6.94. The molecule has 0 saturated carbocycles. The molecule has 0 radical (unpaired) electrons. The molecule has 0 bridgehead atoms. The minimum atomic E-state index is 0.521. The predicted octanol–water partition coefficient (Wildman–Crippen LogP) is 1.75. The highest BCUT2D eigenvalue weighted by molar-refractivity contribution is 5.06. The van der Waals surface area contributed by atoms with Crippen molar-refractivity contribution in [3.05, 3.63) is 23.8 Å². The second-order valence-corrected chi connectivity index (χ2v) is 5.38. The zero-order valence-electron chi connectivity index (χ0n) is 11.0. The molecule has 3 heterocycles. The van der Waals surface area contributed by atoms with E-state index in [9.17, 15) is 0 Å². The number of nitrogens with zero attached hydrogens (tertiary/aromatic N) is 3. The predicted molar refractivity (Wildman–Crippen MR) is 69.5 cm³/mol. The first-order valence-electron chi connectivity index (χ1n) is 6.94. The second-order valence-electron chi connectivity index (χ2n) is 5.38. The lowest BCUT2D eigenvalue weighted by molar-refractivity contribution is 0.0419. The van der Waals surface area contributed by atoms with Gasteiger partial charge in [0, 0.05) is 43.6 Å². The van der Waals surface area contributed by atoms with E-state index in [1.54, 1.807) is 0 Å². The van der Waals surface area contributed by atoms with Crippen molar-refractivity contribution in [3.8, 4) is 0 Å². The molecular weight excluding hydrogens is 226 g/mol. The molecule has 98 valence electrons. The molecule has 2 aliphatic rings. The van der Waals surface area contributed by atoms with Gasteiger partial charge in [0.05, 0.1) is 0 Å². The van der Waals surface area contributed by atoms with Crippen LogP contribution < -0.4 is 0 Å². The molecule has 1 aromatic heterocycles. The van der Waals surface area contributed by atoms with Crippen LogP contribution in [0.15, 0.2) is 12.3 Å². The zero-order valence-corrected chi connectivity index (χ0v) is 11.0. The molecule has 0 N–H and O–H groups in total. The van der Waals surface area contributed by atoms with Gasteiger partial charge >= 0.3 is 0 Å². The highest BCUT2D eigenvalue weighted by Crippen LogP contribution is 2.28. The van der Waals surface area contributed by atoms with Crippen molar-refractivity contribution in [1.29, 1.82) is 0 Å². The molecule has 2 saturated heterocycles. The number of aromatic nitrogens is 2. The number of hydrogen-bond acceptors (Lipinski definition) is 4. The van der Waals surface area contributed by atoms with Crippen molar-refractivity contribution in [2.75, 3.05) is 26.3 Å². The van der Waals surface area contributed by atoms with E-state index >= 15 is 0 Å². The molecule has 18 heavy (non-hydrogen) atoms. The number of likely N-dealkylation sites (tertiary alicyclic amines) is 1. The van der Waals surface area contributed by atoms with Crippen LogP contribution in [-0.4, -0.2) is 47.2 Å². The van der Waals surface area contributed by atoms with Crippen molar-refractivity contribution in [2.45, 2.75) is 38.1 Å². The fraction of sp³-hybridized carbons (Fsp3) is 0.714. The van der Waals surface area contributed by atoms with E-state index in [2.05, 4.69) is 14.9 Å². The monoisotopic (exact) mass is 247 g/mol. The van der Waals surface area contributed by atoms with Gasteiger partial charge in [0.1, 0.15) is 5.82 Å². The van der Waals surface area contributed by atoms with Crippen LogP contribution in [0.2, 0.25) is 0 Å². The van der Waals surface area contributed by atoms with Crippen molar-refractivity contribution in [3.63, 3.8) is 0 Å². The van der Waals surface area contributed by atoms with Crippen molar-refractivity contribution in [1.82, 2.24) is 14.9 Å². The van der Waals surface area contributed by atoms with Crippen LogP contribution in [0.1, 0.15) is 36.7 Å². The Hall–Kier alpha value is -1.00. The standard InChI is InChI=1S/C14H21N3O/c1-11-2-6-15-14(16-11)12-3-7-17(10-12)13-4-8-18-9-5-13/h2,6,12-13H,3-5,7-10H2,1H3. The lowest BCUT2D eigenvalue weighted by atomic mass is 10.1. The third-order valence-electron chi connectivity index (χ3n) is 4.11. The Morgan fingerprint density at radius 2 is 2.11 bits per heavy atom. The minimum Gasteiger partial charge on any atom is -0.381 e. The normalized spacial score (nSPS) is 26.6. The SMILES string of the molecule is Cc1ccnc(C2CCN(C3CCOCC3)C2)n1. The Morgan fingerprint density at radius 3 is 2.89 bits per heavy atom. The lowest BCUT2D eigenvalue weighted by Crippen LogP contribution is -2.37. The maximum absolute atomic E-state index is 5.44. The highest BCUT2D eigenvalue weighted by Gasteiger charge is 2.31. The quantitative estimate of drug-likeness (QED) is 0.798.